The molecule has 0 aliphatic carbocycles. The summed E-state index contributed by atoms with van der Waals surface area (Å²) in [6, 6.07) is -0.400. The van der Waals surface area contributed by atoms with Crippen LogP contribution < -0.4 is 5.11 Å². The molecule has 3 aliphatic rings. The van der Waals surface area contributed by atoms with Crippen LogP contribution >= 0.6 is 0 Å². The molecule has 3 aliphatic heterocycles. The number of piperidine rings is 3. The lowest BCUT2D eigenvalue weighted by atomic mass is 9.83. The summed E-state index contributed by atoms with van der Waals surface area (Å²) in [5.41, 5.74) is 0. The van der Waals surface area contributed by atoms with Crippen LogP contribution in [0.4, 0.5) is 0 Å². The molecule has 1 atom stereocenters. The largest absolute Gasteiger partial charge is 0.544 e. The first kappa shape index (κ1) is 6.98. The number of carbonyl (C=O) groups excluding carboxylic acids is 1. The highest BCUT2D eigenvalue weighted by atomic mass is 16.4. The van der Waals surface area contributed by atoms with Gasteiger partial charge in [-0.05, 0) is 0 Å². The molecular formula is C8H11NO2. The lowest BCUT2D eigenvalue weighted by molar-refractivity contribution is -0.312. The molecule has 3 heteroatoms. The molecule has 0 aromatic rings. The third kappa shape index (κ3) is 1.09. The zero-order valence-electron chi connectivity index (χ0n) is 6.32. The van der Waals surface area contributed by atoms with Gasteiger partial charge in [0.2, 0.25) is 0 Å². The van der Waals surface area contributed by atoms with E-state index in [-0.39, 0.29) is 0 Å². The summed E-state index contributed by atoms with van der Waals surface area (Å²) in [6.45, 7) is 1.86. The van der Waals surface area contributed by atoms with Crippen LogP contribution in [0.1, 0.15) is 12.8 Å². The number of carbonyl (C=O) groups is 1. The number of carboxylic acids is 1. The molecule has 11 heavy (non-hydrogen) atoms. The highest BCUT2D eigenvalue weighted by Crippen LogP contribution is 2.30. The fourth-order valence-electron chi connectivity index (χ4n) is 2.00. The van der Waals surface area contributed by atoms with E-state index in [9.17, 15) is 9.90 Å². The van der Waals surface area contributed by atoms with Gasteiger partial charge in [0.25, 0.3) is 0 Å². The Morgan fingerprint density at radius 3 is 2.36 bits per heavy atom. The van der Waals surface area contributed by atoms with Crippen LogP contribution in [0.3, 0.4) is 0 Å². The van der Waals surface area contributed by atoms with Gasteiger partial charge in [-0.2, -0.15) is 0 Å². The molecule has 0 radical (unpaired) electrons. The minimum atomic E-state index is -0.936. The van der Waals surface area contributed by atoms with Crippen molar-refractivity contribution in [3.8, 4) is 0 Å². The molecule has 0 N–H and O–H groups in total. The third-order valence-electron chi connectivity index (χ3n) is 2.66. The van der Waals surface area contributed by atoms with E-state index >= 15 is 0 Å². The lowest BCUT2D eigenvalue weighted by Gasteiger charge is -2.38. The number of aliphatic carboxylic acids is 1. The van der Waals surface area contributed by atoms with Crippen molar-refractivity contribution in [1.29, 1.82) is 0 Å². The van der Waals surface area contributed by atoms with Crippen molar-refractivity contribution in [2.75, 3.05) is 13.1 Å². The van der Waals surface area contributed by atoms with E-state index in [1.54, 1.807) is 0 Å². The molecule has 0 saturated carbocycles. The Morgan fingerprint density at radius 1 is 1.45 bits per heavy atom. The average molecular weight is 153 g/mol. The zero-order chi connectivity index (χ0) is 7.84. The Balaban J connectivity index is 2.08. The molecule has 0 amide bonds. The minimum Gasteiger partial charge on any atom is -0.544 e. The molecule has 0 spiro atoms. The average Bonchev–Trinajstić information content (AvgIpc) is 2.06. The monoisotopic (exact) mass is 153 g/mol. The van der Waals surface area contributed by atoms with Crippen LogP contribution in [0, 0.1) is 12.3 Å². The van der Waals surface area contributed by atoms with E-state index in [0.717, 1.165) is 25.9 Å². The second-order valence-corrected chi connectivity index (χ2v) is 3.33. The number of carboxylic acid groups (broad SMARTS) is 1. The molecule has 2 bridgehead atoms. The van der Waals surface area contributed by atoms with Gasteiger partial charge in [-0.25, -0.2) is 0 Å². The zero-order valence-corrected chi connectivity index (χ0v) is 6.32. The smallest absolute Gasteiger partial charge is 0.191 e. The quantitative estimate of drug-likeness (QED) is 0.455. The normalized spacial score (nSPS) is 41.6. The van der Waals surface area contributed by atoms with Crippen molar-refractivity contribution >= 4 is 5.97 Å². The molecule has 3 fully saturated rings. The molecular weight excluding hydrogens is 142 g/mol. The molecule has 3 heterocycles. The predicted molar refractivity (Wildman–Crippen MR) is 37.4 cm³/mol. The van der Waals surface area contributed by atoms with Gasteiger partial charge < -0.3 is 9.90 Å². The van der Waals surface area contributed by atoms with Crippen LogP contribution in [0.2, 0.25) is 0 Å². The minimum absolute atomic E-state index is 0.400. The van der Waals surface area contributed by atoms with Gasteiger partial charge in [-0.1, -0.05) is 0 Å². The summed E-state index contributed by atoms with van der Waals surface area (Å²) < 4.78 is 0. The van der Waals surface area contributed by atoms with Crippen LogP contribution in [-0.4, -0.2) is 30.0 Å². The highest BCUT2D eigenvalue weighted by Gasteiger charge is 2.41. The van der Waals surface area contributed by atoms with Crippen molar-refractivity contribution < 1.29 is 9.90 Å². The van der Waals surface area contributed by atoms with Gasteiger partial charge in [0.05, 0.1) is 0 Å². The molecule has 3 saturated heterocycles. The first-order chi connectivity index (χ1) is 5.27. The topological polar surface area (TPSA) is 43.4 Å². The Bertz CT molecular complexity index is 173. The Morgan fingerprint density at radius 2 is 2.09 bits per heavy atom. The number of hydrogen-bond acceptors (Lipinski definition) is 3. The predicted octanol–water partition coefficient (Wildman–Crippen LogP) is -0.965. The lowest BCUT2D eigenvalue weighted by Crippen LogP contribution is -2.56. The van der Waals surface area contributed by atoms with Crippen LogP contribution in [0.5, 0.6) is 0 Å². The maximum absolute atomic E-state index is 10.6. The van der Waals surface area contributed by atoms with Crippen molar-refractivity contribution in [3.63, 3.8) is 0 Å². The third-order valence-corrected chi connectivity index (χ3v) is 2.66. The number of hydrogen-bond donors (Lipinski definition) is 0. The number of nitrogens with zero attached hydrogens (tertiary/aromatic N) is 1. The first-order valence-electron chi connectivity index (χ1n) is 4.07. The van der Waals surface area contributed by atoms with Crippen molar-refractivity contribution in [1.82, 2.24) is 4.90 Å². The van der Waals surface area contributed by atoms with Gasteiger partial charge in [0.15, 0.2) is 6.04 Å². The Kier molecular flexibility index (Phi) is 1.53. The van der Waals surface area contributed by atoms with Crippen molar-refractivity contribution in [3.05, 3.63) is 6.42 Å². The maximum Gasteiger partial charge on any atom is 0.191 e. The first-order valence-corrected chi connectivity index (χ1v) is 4.07. The summed E-state index contributed by atoms with van der Waals surface area (Å²) in [7, 11) is 0. The molecule has 3 nitrogen and oxygen atoms in total. The van der Waals surface area contributed by atoms with E-state index in [4.69, 9.17) is 0 Å². The maximum atomic E-state index is 10.6. The van der Waals surface area contributed by atoms with E-state index in [1.165, 1.54) is 0 Å². The summed E-state index contributed by atoms with van der Waals surface area (Å²) in [5, 5.41) is 10.6. The van der Waals surface area contributed by atoms with E-state index < -0.39 is 12.0 Å². The fourth-order valence-corrected chi connectivity index (χ4v) is 2.00. The van der Waals surface area contributed by atoms with E-state index in [0.29, 0.717) is 5.92 Å². The second-order valence-electron chi connectivity index (χ2n) is 3.33. The number of fused-ring (bicyclic) bond motifs is 3. The highest BCUT2D eigenvalue weighted by molar-refractivity contribution is 5.73. The van der Waals surface area contributed by atoms with Crippen LogP contribution in [-0.2, 0) is 4.79 Å². The standard InChI is InChI=1S/C8H11NO2/c10-8(11)7-5-6-1-3-9(7)4-2-6/h5-7H,1-4H2. The summed E-state index contributed by atoms with van der Waals surface area (Å²) in [4.78, 5) is 12.5. The SMILES string of the molecule is O=C([O-])C1[CH+]C2CCN1CC2. The fraction of sp³-hybridized carbons (Fsp3) is 0.750. The van der Waals surface area contributed by atoms with Gasteiger partial charge in [0, 0.05) is 25.9 Å². The van der Waals surface area contributed by atoms with Gasteiger partial charge in [-0.3, -0.25) is 4.90 Å². The molecule has 0 aromatic heterocycles. The van der Waals surface area contributed by atoms with E-state index in [2.05, 4.69) is 0 Å². The summed E-state index contributed by atoms with van der Waals surface area (Å²) in [6.07, 6.45) is 4.18. The van der Waals surface area contributed by atoms with Crippen LogP contribution in [0.25, 0.3) is 0 Å². The van der Waals surface area contributed by atoms with Crippen LogP contribution in [0.15, 0.2) is 0 Å². The second kappa shape index (κ2) is 2.41. The molecule has 1 unspecified atom stereocenters. The molecule has 3 rings (SSSR count). The Hall–Kier alpha value is -0.700. The van der Waals surface area contributed by atoms with Gasteiger partial charge >= 0.3 is 0 Å². The summed E-state index contributed by atoms with van der Waals surface area (Å²) >= 11 is 0. The van der Waals surface area contributed by atoms with Crippen molar-refractivity contribution in [2.45, 2.75) is 18.9 Å². The van der Waals surface area contributed by atoms with Gasteiger partial charge in [-0.15, -0.1) is 0 Å². The molecule has 60 valence electrons. The molecule has 0 aromatic carbocycles. The number of rotatable bonds is 1. The van der Waals surface area contributed by atoms with Gasteiger partial charge in [0.1, 0.15) is 18.3 Å². The van der Waals surface area contributed by atoms with E-state index in [1.807, 2.05) is 11.3 Å². The Labute approximate surface area is 66.0 Å². The summed E-state index contributed by atoms with van der Waals surface area (Å²) in [5.74, 6) is -0.405. The van der Waals surface area contributed by atoms with Crippen molar-refractivity contribution in [2.24, 2.45) is 5.92 Å².